The van der Waals surface area contributed by atoms with Crippen LogP contribution in [0.4, 0.5) is 11.6 Å². The van der Waals surface area contributed by atoms with Gasteiger partial charge in [0.05, 0.1) is 12.2 Å². The molecule has 0 saturated heterocycles. The second kappa shape index (κ2) is 7.57. The van der Waals surface area contributed by atoms with Gasteiger partial charge in [-0.1, -0.05) is 13.0 Å². The molecule has 0 bridgehead atoms. The van der Waals surface area contributed by atoms with Gasteiger partial charge in [0.2, 0.25) is 0 Å². The van der Waals surface area contributed by atoms with E-state index in [2.05, 4.69) is 39.0 Å². The van der Waals surface area contributed by atoms with E-state index in [0.29, 0.717) is 0 Å². The first-order chi connectivity index (χ1) is 10.3. The third kappa shape index (κ3) is 4.15. The molecule has 0 spiro atoms. The topological polar surface area (TPSA) is 53.9 Å². The van der Waals surface area contributed by atoms with Gasteiger partial charge < -0.3 is 10.2 Å². The zero-order valence-corrected chi connectivity index (χ0v) is 13.0. The predicted molar refractivity (Wildman–Crippen MR) is 86.5 cm³/mol. The van der Waals surface area contributed by atoms with Gasteiger partial charge in [0.15, 0.2) is 0 Å². The second-order valence-electron chi connectivity index (χ2n) is 4.86. The number of pyridine rings is 1. The maximum atomic E-state index is 4.69. The summed E-state index contributed by atoms with van der Waals surface area (Å²) < 4.78 is 0. The summed E-state index contributed by atoms with van der Waals surface area (Å²) >= 11 is 0. The Hall–Kier alpha value is -2.17. The molecule has 0 aliphatic heterocycles. The van der Waals surface area contributed by atoms with E-state index in [1.165, 1.54) is 0 Å². The Labute approximate surface area is 126 Å². The van der Waals surface area contributed by atoms with Gasteiger partial charge in [-0.2, -0.15) is 0 Å². The molecular formula is C16H23N5. The van der Waals surface area contributed by atoms with Crippen molar-refractivity contribution in [3.05, 3.63) is 42.0 Å². The van der Waals surface area contributed by atoms with Gasteiger partial charge in [0.25, 0.3) is 0 Å². The van der Waals surface area contributed by atoms with Crippen molar-refractivity contribution in [3.63, 3.8) is 0 Å². The Morgan fingerprint density at radius 1 is 1.19 bits per heavy atom. The van der Waals surface area contributed by atoms with Crippen LogP contribution < -0.4 is 10.2 Å². The largest absolute Gasteiger partial charge is 0.373 e. The Bertz CT molecular complexity index is 556. The summed E-state index contributed by atoms with van der Waals surface area (Å²) in [5, 5.41) is 3.12. The number of nitrogens with one attached hydrogen (secondary N) is 1. The lowest BCUT2D eigenvalue weighted by Crippen LogP contribution is -2.24. The Morgan fingerprint density at radius 3 is 2.67 bits per heavy atom. The molecule has 2 rings (SSSR count). The van der Waals surface area contributed by atoms with Crippen LogP contribution in [0.3, 0.4) is 0 Å². The van der Waals surface area contributed by atoms with E-state index in [-0.39, 0.29) is 0 Å². The van der Waals surface area contributed by atoms with Crippen LogP contribution in [0.2, 0.25) is 0 Å². The molecule has 0 amide bonds. The molecule has 21 heavy (non-hydrogen) atoms. The number of anilines is 2. The minimum absolute atomic E-state index is 0.753. The van der Waals surface area contributed by atoms with Crippen molar-refractivity contribution in [2.45, 2.75) is 33.2 Å². The van der Waals surface area contributed by atoms with Gasteiger partial charge in [0, 0.05) is 32.3 Å². The summed E-state index contributed by atoms with van der Waals surface area (Å²) in [5.41, 5.74) is 1.04. The highest BCUT2D eigenvalue weighted by atomic mass is 15.2. The van der Waals surface area contributed by atoms with Crippen molar-refractivity contribution in [1.82, 2.24) is 15.0 Å². The molecule has 0 atom stereocenters. The van der Waals surface area contributed by atoms with Crippen molar-refractivity contribution in [2.24, 2.45) is 0 Å². The monoisotopic (exact) mass is 285 g/mol. The first-order valence-corrected chi connectivity index (χ1v) is 7.47. The maximum Gasteiger partial charge on any atom is 0.134 e. The van der Waals surface area contributed by atoms with Gasteiger partial charge in [-0.15, -0.1) is 0 Å². The Morgan fingerprint density at radius 2 is 2.05 bits per heavy atom. The molecule has 5 heteroatoms. The molecule has 0 saturated carbocycles. The molecule has 0 aliphatic rings. The molecule has 5 nitrogen and oxygen atoms in total. The predicted octanol–water partition coefficient (Wildman–Crippen LogP) is 2.89. The van der Waals surface area contributed by atoms with Gasteiger partial charge in [-0.25, -0.2) is 9.97 Å². The molecule has 0 unspecified atom stereocenters. The fourth-order valence-corrected chi connectivity index (χ4v) is 2.15. The average molecular weight is 285 g/mol. The van der Waals surface area contributed by atoms with E-state index < -0.39 is 0 Å². The summed E-state index contributed by atoms with van der Waals surface area (Å²) in [5.74, 6) is 2.70. The first kappa shape index (κ1) is 15.2. The van der Waals surface area contributed by atoms with Crippen molar-refractivity contribution < 1.29 is 0 Å². The second-order valence-corrected chi connectivity index (χ2v) is 4.86. The Kier molecular flexibility index (Phi) is 5.49. The Balaban J connectivity index is 2.26. The summed E-state index contributed by atoms with van der Waals surface area (Å²) in [6, 6.07) is 7.97. The van der Waals surface area contributed by atoms with Crippen LogP contribution in [-0.2, 0) is 13.0 Å². The smallest absolute Gasteiger partial charge is 0.134 e. The van der Waals surface area contributed by atoms with Crippen LogP contribution in [0.1, 0.15) is 31.8 Å². The molecule has 2 heterocycles. The molecule has 2 aromatic rings. The standard InChI is InChI=1S/C16H23N5/c1-4-8-14-19-15(17-3)11-16(20-14)21(5-2)12-13-9-6-7-10-18-13/h6-7,9-11H,4-5,8,12H2,1-3H3,(H,17,19,20). The molecule has 112 valence electrons. The van der Waals surface area contributed by atoms with Crippen LogP contribution >= 0.6 is 0 Å². The lowest BCUT2D eigenvalue weighted by atomic mass is 10.3. The number of hydrogen-bond donors (Lipinski definition) is 1. The van der Waals surface area contributed by atoms with Crippen molar-refractivity contribution in [1.29, 1.82) is 0 Å². The van der Waals surface area contributed by atoms with Crippen molar-refractivity contribution in [3.8, 4) is 0 Å². The van der Waals surface area contributed by atoms with Gasteiger partial charge in [-0.3, -0.25) is 4.98 Å². The number of rotatable bonds is 7. The van der Waals surface area contributed by atoms with Crippen molar-refractivity contribution >= 4 is 11.6 Å². The van der Waals surface area contributed by atoms with E-state index in [0.717, 1.165) is 49.1 Å². The SMILES string of the molecule is CCCc1nc(NC)cc(N(CC)Cc2ccccn2)n1. The highest BCUT2D eigenvalue weighted by Gasteiger charge is 2.11. The number of aryl methyl sites for hydroxylation is 1. The molecule has 0 aromatic carbocycles. The summed E-state index contributed by atoms with van der Waals surface area (Å²) in [6.07, 6.45) is 3.76. The van der Waals surface area contributed by atoms with Crippen LogP contribution in [0.15, 0.2) is 30.5 Å². The number of aromatic nitrogens is 3. The lowest BCUT2D eigenvalue weighted by Gasteiger charge is -2.22. The molecule has 0 radical (unpaired) electrons. The van der Waals surface area contributed by atoms with E-state index in [9.17, 15) is 0 Å². The number of hydrogen-bond acceptors (Lipinski definition) is 5. The average Bonchev–Trinajstić information content (AvgIpc) is 2.53. The van der Waals surface area contributed by atoms with Gasteiger partial charge >= 0.3 is 0 Å². The number of nitrogens with zero attached hydrogens (tertiary/aromatic N) is 4. The van der Waals surface area contributed by atoms with Gasteiger partial charge in [0.1, 0.15) is 17.5 Å². The minimum Gasteiger partial charge on any atom is -0.373 e. The van der Waals surface area contributed by atoms with Crippen molar-refractivity contribution in [2.75, 3.05) is 23.8 Å². The lowest BCUT2D eigenvalue weighted by molar-refractivity contribution is 0.769. The third-order valence-corrected chi connectivity index (χ3v) is 3.27. The maximum absolute atomic E-state index is 4.69. The molecule has 0 aliphatic carbocycles. The molecule has 1 N–H and O–H groups in total. The highest BCUT2D eigenvalue weighted by Crippen LogP contribution is 2.18. The highest BCUT2D eigenvalue weighted by molar-refractivity contribution is 5.49. The minimum atomic E-state index is 0.753. The van der Waals surface area contributed by atoms with E-state index in [1.54, 1.807) is 0 Å². The van der Waals surface area contributed by atoms with E-state index >= 15 is 0 Å². The fraction of sp³-hybridized carbons (Fsp3) is 0.438. The fourth-order valence-electron chi connectivity index (χ4n) is 2.15. The quantitative estimate of drug-likeness (QED) is 0.847. The van der Waals surface area contributed by atoms with E-state index in [1.807, 2.05) is 37.5 Å². The van der Waals surface area contributed by atoms with Crippen LogP contribution in [-0.4, -0.2) is 28.5 Å². The zero-order valence-electron chi connectivity index (χ0n) is 13.0. The summed E-state index contributed by atoms with van der Waals surface area (Å²) in [4.78, 5) is 15.8. The summed E-state index contributed by atoms with van der Waals surface area (Å²) in [7, 11) is 1.89. The van der Waals surface area contributed by atoms with Gasteiger partial charge in [-0.05, 0) is 25.5 Å². The van der Waals surface area contributed by atoms with Crippen LogP contribution in [0, 0.1) is 0 Å². The third-order valence-electron chi connectivity index (χ3n) is 3.27. The van der Waals surface area contributed by atoms with Crippen LogP contribution in [0.5, 0.6) is 0 Å². The molecule has 0 fully saturated rings. The zero-order chi connectivity index (χ0) is 15.1. The normalized spacial score (nSPS) is 10.4. The molecule has 2 aromatic heterocycles. The summed E-state index contributed by atoms with van der Waals surface area (Å²) in [6.45, 7) is 5.90. The first-order valence-electron chi connectivity index (χ1n) is 7.47. The molecular weight excluding hydrogens is 262 g/mol. The van der Waals surface area contributed by atoms with E-state index in [4.69, 9.17) is 0 Å². The van der Waals surface area contributed by atoms with Crippen LogP contribution in [0.25, 0.3) is 0 Å².